The van der Waals surface area contributed by atoms with Gasteiger partial charge in [-0.25, -0.2) is 8.42 Å². The van der Waals surface area contributed by atoms with Gasteiger partial charge in [-0.3, -0.25) is 13.9 Å². The number of nitrogens with zero attached hydrogens (tertiary/aromatic N) is 2. The van der Waals surface area contributed by atoms with Crippen molar-refractivity contribution in [1.29, 1.82) is 0 Å². The van der Waals surface area contributed by atoms with E-state index in [1.54, 1.807) is 43.3 Å². The Balaban J connectivity index is 1.69. The van der Waals surface area contributed by atoms with Crippen LogP contribution in [0, 0.1) is 0 Å². The molecule has 1 aliphatic rings. The van der Waals surface area contributed by atoms with Crippen molar-refractivity contribution in [2.75, 3.05) is 30.6 Å². The van der Waals surface area contributed by atoms with Crippen LogP contribution in [0.3, 0.4) is 0 Å². The predicted molar refractivity (Wildman–Crippen MR) is 158 cm³/mol. The minimum Gasteiger partial charge on any atom is -0.486 e. The number of benzene rings is 3. The Morgan fingerprint density at radius 2 is 1.51 bits per heavy atom. The lowest BCUT2D eigenvalue weighted by molar-refractivity contribution is -0.139. The lowest BCUT2D eigenvalue weighted by Gasteiger charge is -2.33. The van der Waals surface area contributed by atoms with E-state index in [1.165, 1.54) is 17.0 Å². The highest BCUT2D eigenvalue weighted by atomic mass is 32.2. The average Bonchev–Trinajstić information content (AvgIpc) is 2.95. The third-order valence-electron chi connectivity index (χ3n) is 6.57. The molecule has 10 heteroatoms. The van der Waals surface area contributed by atoms with Gasteiger partial charge in [0.25, 0.3) is 10.0 Å². The number of ether oxygens (including phenoxy) is 2. The van der Waals surface area contributed by atoms with E-state index in [-0.39, 0.29) is 23.0 Å². The molecule has 0 unspecified atom stereocenters. The molecule has 3 aromatic rings. The first-order valence-electron chi connectivity index (χ1n) is 13.6. The van der Waals surface area contributed by atoms with E-state index >= 15 is 0 Å². The van der Waals surface area contributed by atoms with Crippen molar-refractivity contribution in [2.45, 2.75) is 50.6 Å². The second kappa shape index (κ2) is 12.6. The van der Waals surface area contributed by atoms with E-state index in [0.29, 0.717) is 31.1 Å². The van der Waals surface area contributed by atoms with E-state index in [2.05, 4.69) is 5.32 Å². The van der Waals surface area contributed by atoms with Gasteiger partial charge in [0.15, 0.2) is 11.5 Å². The molecular weight excluding hydrogens is 542 g/mol. The predicted octanol–water partition coefficient (Wildman–Crippen LogP) is 4.03. The lowest BCUT2D eigenvalue weighted by Crippen LogP contribution is -2.55. The van der Waals surface area contributed by atoms with Gasteiger partial charge in [0.2, 0.25) is 11.8 Å². The van der Waals surface area contributed by atoms with Gasteiger partial charge in [0.05, 0.1) is 10.6 Å². The van der Waals surface area contributed by atoms with Crippen LogP contribution in [0.25, 0.3) is 0 Å². The lowest BCUT2D eigenvalue weighted by atomic mass is 10.1. The van der Waals surface area contributed by atoms with Crippen LogP contribution < -0.4 is 19.1 Å². The Morgan fingerprint density at radius 1 is 0.902 bits per heavy atom. The summed E-state index contributed by atoms with van der Waals surface area (Å²) < 4.78 is 40.2. The van der Waals surface area contributed by atoms with Gasteiger partial charge in [0, 0.05) is 18.2 Å². The molecule has 0 fully saturated rings. The van der Waals surface area contributed by atoms with Crippen LogP contribution in [0.5, 0.6) is 11.5 Å². The van der Waals surface area contributed by atoms with Crippen molar-refractivity contribution in [3.8, 4) is 11.5 Å². The first-order valence-corrected chi connectivity index (χ1v) is 15.0. The number of nitrogens with one attached hydrogen (secondary N) is 1. The summed E-state index contributed by atoms with van der Waals surface area (Å²) in [6.45, 7) is 7.68. The molecule has 41 heavy (non-hydrogen) atoms. The standard InChI is InChI=1S/C31H37N3O6S/c1-23(30(36)32-31(2,3)4)33(18-17-24-11-7-5-8-12-24)29(35)22-34(41(37,38)26-13-9-6-10-14-26)25-15-16-27-28(21-25)40-20-19-39-27/h5-16,21,23H,17-20,22H2,1-4H3,(H,32,36)/t23-/m0/s1. The van der Waals surface area contributed by atoms with Gasteiger partial charge in [-0.1, -0.05) is 48.5 Å². The number of carbonyl (C=O) groups is 2. The molecule has 2 amide bonds. The molecule has 4 rings (SSSR count). The third kappa shape index (κ3) is 7.58. The minimum absolute atomic E-state index is 0.0389. The summed E-state index contributed by atoms with van der Waals surface area (Å²) in [4.78, 5) is 28.7. The fraction of sp³-hybridized carbons (Fsp3) is 0.355. The summed E-state index contributed by atoms with van der Waals surface area (Å²) in [5.74, 6) is 0.0660. The molecule has 0 bridgehead atoms. The maximum absolute atomic E-state index is 14.0. The first kappa shape index (κ1) is 29.9. The van der Waals surface area contributed by atoms with Crippen LogP contribution in [0.15, 0.2) is 83.8 Å². The van der Waals surface area contributed by atoms with Crippen molar-refractivity contribution in [2.24, 2.45) is 0 Å². The van der Waals surface area contributed by atoms with Gasteiger partial charge in [-0.15, -0.1) is 0 Å². The summed E-state index contributed by atoms with van der Waals surface area (Å²) in [6, 6.07) is 21.5. The Labute approximate surface area is 242 Å². The minimum atomic E-state index is -4.16. The highest BCUT2D eigenvalue weighted by Gasteiger charge is 2.33. The van der Waals surface area contributed by atoms with Crippen LogP contribution in [0.1, 0.15) is 33.3 Å². The van der Waals surface area contributed by atoms with E-state index in [0.717, 1.165) is 9.87 Å². The second-order valence-electron chi connectivity index (χ2n) is 10.9. The number of carbonyl (C=O) groups excluding carboxylic acids is 2. The highest BCUT2D eigenvalue weighted by Crippen LogP contribution is 2.35. The molecule has 0 radical (unpaired) electrons. The van der Waals surface area contributed by atoms with Crippen molar-refractivity contribution < 1.29 is 27.5 Å². The number of anilines is 1. The quantitative estimate of drug-likeness (QED) is 0.389. The Bertz CT molecular complexity index is 1460. The molecule has 1 heterocycles. The van der Waals surface area contributed by atoms with Crippen LogP contribution in [0.4, 0.5) is 5.69 Å². The summed E-state index contributed by atoms with van der Waals surface area (Å²) in [6.07, 6.45) is 0.495. The van der Waals surface area contributed by atoms with E-state index < -0.39 is 34.1 Å². The average molecular weight is 580 g/mol. The van der Waals surface area contributed by atoms with Gasteiger partial charge >= 0.3 is 0 Å². The molecule has 218 valence electrons. The molecular formula is C31H37N3O6S. The normalized spacial score (nSPS) is 13.7. The molecule has 1 N–H and O–H groups in total. The molecule has 1 aliphatic heterocycles. The van der Waals surface area contributed by atoms with Crippen molar-refractivity contribution >= 4 is 27.5 Å². The Morgan fingerprint density at radius 3 is 2.15 bits per heavy atom. The molecule has 3 aromatic carbocycles. The number of rotatable bonds is 10. The molecule has 0 aliphatic carbocycles. The topological polar surface area (TPSA) is 105 Å². The van der Waals surface area contributed by atoms with E-state index in [4.69, 9.17) is 9.47 Å². The fourth-order valence-electron chi connectivity index (χ4n) is 4.48. The largest absolute Gasteiger partial charge is 0.486 e. The maximum Gasteiger partial charge on any atom is 0.264 e. The zero-order chi connectivity index (χ0) is 29.6. The van der Waals surface area contributed by atoms with Gasteiger partial charge in [-0.05, 0) is 63.9 Å². The van der Waals surface area contributed by atoms with Crippen molar-refractivity contribution in [3.05, 3.63) is 84.4 Å². The van der Waals surface area contributed by atoms with Crippen molar-refractivity contribution in [1.82, 2.24) is 10.2 Å². The number of fused-ring (bicyclic) bond motifs is 1. The van der Waals surface area contributed by atoms with Gasteiger partial charge < -0.3 is 19.7 Å². The summed E-state index contributed by atoms with van der Waals surface area (Å²) in [5.41, 5.74) is 0.739. The Hall–Kier alpha value is -4.05. The second-order valence-corrected chi connectivity index (χ2v) is 12.8. The van der Waals surface area contributed by atoms with E-state index in [1.807, 2.05) is 51.1 Å². The number of hydrogen-bond acceptors (Lipinski definition) is 6. The van der Waals surface area contributed by atoms with Crippen molar-refractivity contribution in [3.63, 3.8) is 0 Å². The molecule has 0 saturated heterocycles. The van der Waals surface area contributed by atoms with Crippen LogP contribution in [0.2, 0.25) is 0 Å². The first-order chi connectivity index (χ1) is 19.5. The fourth-order valence-corrected chi connectivity index (χ4v) is 5.91. The third-order valence-corrected chi connectivity index (χ3v) is 8.36. The number of hydrogen-bond donors (Lipinski definition) is 1. The molecule has 9 nitrogen and oxygen atoms in total. The molecule has 0 aromatic heterocycles. The molecule has 1 atom stereocenters. The van der Waals surface area contributed by atoms with Gasteiger partial charge in [0.1, 0.15) is 25.8 Å². The summed E-state index contributed by atoms with van der Waals surface area (Å²) in [7, 11) is -4.16. The Kier molecular flexibility index (Phi) is 9.22. The SMILES string of the molecule is C[C@@H](C(=O)NC(C)(C)C)N(CCc1ccccc1)C(=O)CN(c1ccc2c(c1)OCCO2)S(=O)(=O)c1ccccc1. The number of sulfonamides is 1. The molecule has 0 spiro atoms. The monoisotopic (exact) mass is 579 g/mol. The summed E-state index contributed by atoms with van der Waals surface area (Å²) >= 11 is 0. The smallest absolute Gasteiger partial charge is 0.264 e. The van der Waals surface area contributed by atoms with Crippen LogP contribution in [-0.4, -0.2) is 63.0 Å². The zero-order valence-corrected chi connectivity index (χ0v) is 24.7. The zero-order valence-electron chi connectivity index (χ0n) is 23.9. The number of amides is 2. The van der Waals surface area contributed by atoms with Crippen LogP contribution in [-0.2, 0) is 26.0 Å². The highest BCUT2D eigenvalue weighted by molar-refractivity contribution is 7.92. The summed E-state index contributed by atoms with van der Waals surface area (Å²) in [5, 5.41) is 2.93. The molecule has 0 saturated carbocycles. The van der Waals surface area contributed by atoms with E-state index in [9.17, 15) is 18.0 Å². The van der Waals surface area contributed by atoms with Gasteiger partial charge in [-0.2, -0.15) is 0 Å². The maximum atomic E-state index is 14.0. The van der Waals surface area contributed by atoms with Crippen LogP contribution >= 0.6 is 0 Å².